The van der Waals surface area contributed by atoms with E-state index in [1.165, 1.54) is 0 Å². The number of methoxy groups -OCH3 is 1. The first-order valence-electron chi connectivity index (χ1n) is 12.8. The highest BCUT2D eigenvalue weighted by Gasteiger charge is 2.36. The summed E-state index contributed by atoms with van der Waals surface area (Å²) in [7, 11) is 1.56. The third-order valence-corrected chi connectivity index (χ3v) is 7.15. The lowest BCUT2D eigenvalue weighted by molar-refractivity contribution is -0.136. The number of likely N-dealkylation sites (tertiary alicyclic amines) is 2. The van der Waals surface area contributed by atoms with Crippen molar-refractivity contribution in [1.29, 1.82) is 0 Å². The maximum atomic E-state index is 13.6. The molecule has 8 nitrogen and oxygen atoms in total. The molecule has 192 valence electrons. The van der Waals surface area contributed by atoms with Crippen LogP contribution in [0.5, 0.6) is 5.75 Å². The summed E-state index contributed by atoms with van der Waals surface area (Å²) in [5, 5.41) is 5.99. The van der Waals surface area contributed by atoms with Crippen LogP contribution in [-0.2, 0) is 4.79 Å². The van der Waals surface area contributed by atoms with Crippen LogP contribution in [0.15, 0.2) is 48.5 Å². The first-order valence-corrected chi connectivity index (χ1v) is 12.8. The summed E-state index contributed by atoms with van der Waals surface area (Å²) in [6.07, 6.45) is 4.38. The molecule has 2 fully saturated rings. The second-order valence-corrected chi connectivity index (χ2v) is 9.69. The molecule has 0 saturated carbocycles. The topological polar surface area (TPSA) is 91.0 Å². The fourth-order valence-corrected chi connectivity index (χ4v) is 4.96. The summed E-state index contributed by atoms with van der Waals surface area (Å²) in [5.74, 6) is 0.240. The zero-order valence-electron chi connectivity index (χ0n) is 21.2. The molecule has 2 heterocycles. The molecule has 0 spiro atoms. The first kappa shape index (κ1) is 25.5. The van der Waals surface area contributed by atoms with Crippen molar-refractivity contribution >= 4 is 23.5 Å². The average molecular weight is 493 g/mol. The zero-order chi connectivity index (χ0) is 25.5. The number of piperidine rings is 2. The van der Waals surface area contributed by atoms with Crippen LogP contribution in [-0.4, -0.2) is 67.0 Å². The number of nitrogens with zero attached hydrogens (tertiary/aromatic N) is 2. The van der Waals surface area contributed by atoms with E-state index in [4.69, 9.17) is 4.74 Å². The van der Waals surface area contributed by atoms with Gasteiger partial charge in [0.15, 0.2) is 0 Å². The van der Waals surface area contributed by atoms with Gasteiger partial charge in [0.1, 0.15) is 11.8 Å². The van der Waals surface area contributed by atoms with Crippen LogP contribution in [0.25, 0.3) is 0 Å². The van der Waals surface area contributed by atoms with Gasteiger partial charge in [0.2, 0.25) is 5.91 Å². The number of anilines is 1. The summed E-state index contributed by atoms with van der Waals surface area (Å²) < 4.78 is 5.25. The summed E-state index contributed by atoms with van der Waals surface area (Å²) >= 11 is 0. The molecule has 2 aliphatic heterocycles. The van der Waals surface area contributed by atoms with E-state index in [1.807, 2.05) is 36.1 Å². The minimum Gasteiger partial charge on any atom is -0.497 e. The normalized spacial score (nSPS) is 17.3. The van der Waals surface area contributed by atoms with Gasteiger partial charge in [-0.15, -0.1) is 0 Å². The summed E-state index contributed by atoms with van der Waals surface area (Å²) in [4.78, 5) is 43.2. The van der Waals surface area contributed by atoms with E-state index in [0.717, 1.165) is 43.6 Å². The third kappa shape index (κ3) is 6.36. The summed E-state index contributed by atoms with van der Waals surface area (Å²) in [6, 6.07) is 13.9. The number of aryl methyl sites for hydroxylation is 1. The Hall–Kier alpha value is -3.55. The maximum Gasteiger partial charge on any atom is 0.321 e. The molecule has 36 heavy (non-hydrogen) atoms. The van der Waals surface area contributed by atoms with Crippen LogP contribution in [0.2, 0.25) is 0 Å². The Labute approximate surface area is 213 Å². The number of urea groups is 1. The Morgan fingerprint density at radius 2 is 1.61 bits per heavy atom. The zero-order valence-corrected chi connectivity index (χ0v) is 21.2. The molecule has 1 unspecified atom stereocenters. The van der Waals surface area contributed by atoms with E-state index in [0.29, 0.717) is 37.2 Å². The van der Waals surface area contributed by atoms with E-state index in [1.54, 1.807) is 36.3 Å². The molecular formula is C28H36N4O4. The number of carbonyl (C=O) groups excluding carboxylic acids is 3. The number of amides is 4. The summed E-state index contributed by atoms with van der Waals surface area (Å²) in [5.41, 5.74) is 2.35. The van der Waals surface area contributed by atoms with Gasteiger partial charge in [0, 0.05) is 37.4 Å². The van der Waals surface area contributed by atoms with Crippen molar-refractivity contribution in [2.75, 3.05) is 38.6 Å². The molecular weight excluding hydrogens is 456 g/mol. The smallest absolute Gasteiger partial charge is 0.321 e. The fourth-order valence-electron chi connectivity index (χ4n) is 4.96. The molecule has 2 aliphatic rings. The van der Waals surface area contributed by atoms with Crippen molar-refractivity contribution < 1.29 is 19.1 Å². The van der Waals surface area contributed by atoms with Gasteiger partial charge in [0.05, 0.1) is 7.11 Å². The largest absolute Gasteiger partial charge is 0.497 e. The van der Waals surface area contributed by atoms with Crippen molar-refractivity contribution in [3.63, 3.8) is 0 Å². The van der Waals surface area contributed by atoms with Crippen LogP contribution in [0.3, 0.4) is 0 Å². The molecule has 0 radical (unpaired) electrons. The maximum absolute atomic E-state index is 13.6. The second-order valence-electron chi connectivity index (χ2n) is 9.69. The van der Waals surface area contributed by atoms with Crippen molar-refractivity contribution in [3.8, 4) is 5.75 Å². The second kappa shape index (κ2) is 11.9. The van der Waals surface area contributed by atoms with Gasteiger partial charge in [-0.05, 0) is 75.3 Å². The van der Waals surface area contributed by atoms with Crippen LogP contribution < -0.4 is 15.4 Å². The lowest BCUT2D eigenvalue weighted by atomic mass is 9.88. The lowest BCUT2D eigenvalue weighted by Gasteiger charge is -2.38. The number of benzene rings is 2. The Morgan fingerprint density at radius 1 is 0.917 bits per heavy atom. The molecule has 2 saturated heterocycles. The average Bonchev–Trinajstić information content (AvgIpc) is 2.93. The van der Waals surface area contributed by atoms with Gasteiger partial charge < -0.3 is 25.2 Å². The van der Waals surface area contributed by atoms with E-state index in [-0.39, 0.29) is 23.8 Å². The Bertz CT molecular complexity index is 1060. The number of hydrogen-bond donors (Lipinski definition) is 2. The highest BCUT2D eigenvalue weighted by atomic mass is 16.5. The minimum atomic E-state index is -0.621. The predicted octanol–water partition coefficient (Wildman–Crippen LogP) is 4.06. The monoisotopic (exact) mass is 492 g/mol. The Balaban J connectivity index is 1.42. The number of rotatable bonds is 6. The van der Waals surface area contributed by atoms with Gasteiger partial charge >= 0.3 is 6.03 Å². The third-order valence-electron chi connectivity index (χ3n) is 7.15. The SMILES string of the molecule is COc1cccc(C(=O)NC(C(=O)N2CCCCC2)C2CCN(C(=O)Nc3ccc(C)cc3)CC2)c1. The number of nitrogens with one attached hydrogen (secondary N) is 2. The predicted molar refractivity (Wildman–Crippen MR) is 139 cm³/mol. The van der Waals surface area contributed by atoms with Crippen LogP contribution >= 0.6 is 0 Å². The summed E-state index contributed by atoms with van der Waals surface area (Å²) in [6.45, 7) is 4.51. The Kier molecular flexibility index (Phi) is 8.46. The number of carbonyl (C=O) groups is 3. The minimum absolute atomic E-state index is 0.0199. The molecule has 2 aromatic rings. The molecule has 1 atom stereocenters. The van der Waals surface area contributed by atoms with Gasteiger partial charge in [0.25, 0.3) is 5.91 Å². The van der Waals surface area contributed by atoms with Crippen LogP contribution in [0, 0.1) is 12.8 Å². The quantitative estimate of drug-likeness (QED) is 0.636. The number of ether oxygens (including phenoxy) is 1. The molecule has 2 N–H and O–H groups in total. The first-order chi connectivity index (χ1) is 17.4. The van der Waals surface area contributed by atoms with Crippen LogP contribution in [0.1, 0.15) is 48.0 Å². The fraction of sp³-hybridized carbons (Fsp3) is 0.464. The van der Waals surface area contributed by atoms with Crippen LogP contribution in [0.4, 0.5) is 10.5 Å². The molecule has 8 heteroatoms. The van der Waals surface area contributed by atoms with Gasteiger partial charge in [-0.25, -0.2) is 4.79 Å². The van der Waals surface area contributed by atoms with Gasteiger partial charge in [-0.2, -0.15) is 0 Å². The highest BCUT2D eigenvalue weighted by Crippen LogP contribution is 2.25. The molecule has 0 aromatic heterocycles. The lowest BCUT2D eigenvalue weighted by Crippen LogP contribution is -2.55. The van der Waals surface area contributed by atoms with E-state index < -0.39 is 6.04 Å². The molecule has 4 rings (SSSR count). The van der Waals surface area contributed by atoms with E-state index in [2.05, 4.69) is 10.6 Å². The highest BCUT2D eigenvalue weighted by molar-refractivity contribution is 5.98. The molecule has 0 aliphatic carbocycles. The van der Waals surface area contributed by atoms with E-state index in [9.17, 15) is 14.4 Å². The Morgan fingerprint density at radius 3 is 2.28 bits per heavy atom. The molecule has 4 amide bonds. The van der Waals surface area contributed by atoms with Gasteiger partial charge in [-0.3, -0.25) is 9.59 Å². The van der Waals surface area contributed by atoms with E-state index >= 15 is 0 Å². The van der Waals surface area contributed by atoms with Crippen molar-refractivity contribution in [1.82, 2.24) is 15.1 Å². The van der Waals surface area contributed by atoms with Crippen molar-refractivity contribution in [3.05, 3.63) is 59.7 Å². The standard InChI is InChI=1S/C28H36N4O4/c1-20-9-11-23(12-10-20)29-28(35)32-17-13-21(14-18-32)25(27(34)31-15-4-3-5-16-31)30-26(33)22-7-6-8-24(19-22)36-2/h6-12,19,21,25H,3-5,13-18H2,1-2H3,(H,29,35)(H,30,33). The van der Waals surface area contributed by atoms with Gasteiger partial charge in [-0.1, -0.05) is 23.8 Å². The molecule has 2 aromatic carbocycles. The van der Waals surface area contributed by atoms with Crippen molar-refractivity contribution in [2.24, 2.45) is 5.92 Å². The molecule has 0 bridgehead atoms. The number of hydrogen-bond acceptors (Lipinski definition) is 4. The van der Waals surface area contributed by atoms with Crippen molar-refractivity contribution in [2.45, 2.75) is 45.1 Å².